The molecule has 0 atom stereocenters. The Hall–Kier alpha value is -2.92. The lowest BCUT2D eigenvalue weighted by atomic mass is 9.85. The third-order valence-corrected chi connectivity index (χ3v) is 8.11. The monoisotopic (exact) mass is 536 g/mol. The van der Waals surface area contributed by atoms with Crippen LogP contribution < -0.4 is 4.90 Å². The van der Waals surface area contributed by atoms with Crippen LogP contribution in [0.4, 0.5) is 10.1 Å². The van der Waals surface area contributed by atoms with Gasteiger partial charge in [-0.05, 0) is 66.6 Å². The first-order valence-corrected chi connectivity index (χ1v) is 13.8. The molecule has 1 amide bonds. The van der Waals surface area contributed by atoms with Gasteiger partial charge in [-0.15, -0.1) is 0 Å². The SMILES string of the molecule is CCN(CC(=O)N(Cc1ccc(C2CCCCC2)cn1)c1ccccc1)Sc1cc(F)c(Cl)c(C#N)c1. The van der Waals surface area contributed by atoms with E-state index in [0.29, 0.717) is 23.9 Å². The Labute approximate surface area is 227 Å². The highest BCUT2D eigenvalue weighted by molar-refractivity contribution is 7.97. The van der Waals surface area contributed by atoms with Crippen LogP contribution in [0.5, 0.6) is 0 Å². The van der Waals surface area contributed by atoms with Crippen LogP contribution in [0.25, 0.3) is 0 Å². The number of nitriles is 1. The molecule has 3 aromatic rings. The summed E-state index contributed by atoms with van der Waals surface area (Å²) in [5.74, 6) is -0.176. The number of amides is 1. The van der Waals surface area contributed by atoms with Gasteiger partial charge in [-0.2, -0.15) is 5.26 Å². The lowest BCUT2D eigenvalue weighted by Gasteiger charge is -2.27. The Bertz CT molecular complexity index is 1240. The number of hydrogen-bond donors (Lipinski definition) is 0. The minimum atomic E-state index is -0.653. The van der Waals surface area contributed by atoms with E-state index in [1.807, 2.05) is 59.9 Å². The number of likely N-dealkylation sites (N-methyl/N-ethyl adjacent to an activating group) is 1. The van der Waals surface area contributed by atoms with E-state index in [4.69, 9.17) is 16.6 Å². The number of carbonyl (C=O) groups is 1. The van der Waals surface area contributed by atoms with Crippen molar-refractivity contribution in [3.63, 3.8) is 0 Å². The number of rotatable bonds is 9. The zero-order valence-electron chi connectivity index (χ0n) is 20.9. The van der Waals surface area contributed by atoms with Gasteiger partial charge in [0.15, 0.2) is 0 Å². The number of aromatic nitrogens is 1. The van der Waals surface area contributed by atoms with Gasteiger partial charge < -0.3 is 4.90 Å². The van der Waals surface area contributed by atoms with Crippen LogP contribution in [0.2, 0.25) is 5.02 Å². The van der Waals surface area contributed by atoms with E-state index < -0.39 is 5.82 Å². The normalized spacial score (nSPS) is 13.9. The number of benzene rings is 2. The van der Waals surface area contributed by atoms with Crippen LogP contribution in [0, 0.1) is 17.1 Å². The maximum absolute atomic E-state index is 14.2. The molecule has 4 rings (SSSR count). The average molecular weight is 537 g/mol. The molecule has 8 heteroatoms. The van der Waals surface area contributed by atoms with Crippen molar-refractivity contribution in [2.75, 3.05) is 18.0 Å². The maximum atomic E-state index is 14.2. The summed E-state index contributed by atoms with van der Waals surface area (Å²) in [5, 5.41) is 9.05. The number of nitrogens with zero attached hydrogens (tertiary/aromatic N) is 4. The molecule has 0 N–H and O–H groups in total. The minimum Gasteiger partial charge on any atom is -0.305 e. The molecule has 2 aromatic carbocycles. The first-order chi connectivity index (χ1) is 18.0. The first kappa shape index (κ1) is 27.1. The number of hydrogen-bond acceptors (Lipinski definition) is 5. The maximum Gasteiger partial charge on any atom is 0.242 e. The molecule has 0 bridgehead atoms. The molecular formula is C29H30ClFN4OS. The molecule has 1 saturated carbocycles. The van der Waals surface area contributed by atoms with Gasteiger partial charge in [0.2, 0.25) is 5.91 Å². The van der Waals surface area contributed by atoms with Crippen LogP contribution in [-0.2, 0) is 11.3 Å². The largest absolute Gasteiger partial charge is 0.305 e. The van der Waals surface area contributed by atoms with Crippen molar-refractivity contribution in [2.24, 2.45) is 0 Å². The second-order valence-electron chi connectivity index (χ2n) is 9.16. The van der Waals surface area contributed by atoms with E-state index >= 15 is 0 Å². The molecule has 1 heterocycles. The van der Waals surface area contributed by atoms with Crippen molar-refractivity contribution >= 4 is 35.1 Å². The summed E-state index contributed by atoms with van der Waals surface area (Å²) < 4.78 is 16.0. The van der Waals surface area contributed by atoms with E-state index in [1.54, 1.807) is 4.90 Å². The third kappa shape index (κ3) is 7.10. The number of carbonyl (C=O) groups excluding carboxylic acids is 1. The number of anilines is 1. The van der Waals surface area contributed by atoms with Crippen LogP contribution in [0.3, 0.4) is 0 Å². The van der Waals surface area contributed by atoms with Crippen molar-refractivity contribution in [1.82, 2.24) is 9.29 Å². The standard InChI is InChI=1S/C29H30ClFN4OS/c1-2-34(37-26-15-23(17-32)29(30)27(31)16-26)20-28(36)35(25-11-7-4-8-12-25)19-24-14-13-22(18-33-24)21-9-5-3-6-10-21/h4,7-8,11-16,18,21H,2-3,5-6,9-10,19-20H2,1H3. The predicted molar refractivity (Wildman–Crippen MR) is 147 cm³/mol. The van der Waals surface area contributed by atoms with Gasteiger partial charge in [-0.3, -0.25) is 9.78 Å². The minimum absolute atomic E-state index is 0.0696. The van der Waals surface area contributed by atoms with Crippen molar-refractivity contribution in [3.05, 3.63) is 88.5 Å². The van der Waals surface area contributed by atoms with Gasteiger partial charge in [-0.1, -0.05) is 62.1 Å². The summed E-state index contributed by atoms with van der Waals surface area (Å²) in [6, 6.07) is 18.5. The van der Waals surface area contributed by atoms with E-state index in [-0.39, 0.29) is 23.0 Å². The predicted octanol–water partition coefficient (Wildman–Crippen LogP) is 7.36. The van der Waals surface area contributed by atoms with Crippen LogP contribution in [0.1, 0.15) is 61.8 Å². The van der Waals surface area contributed by atoms with Gasteiger partial charge in [0.25, 0.3) is 0 Å². The Morgan fingerprint density at radius 1 is 1.16 bits per heavy atom. The molecule has 0 radical (unpaired) electrons. The van der Waals surface area contributed by atoms with Crippen molar-refractivity contribution in [2.45, 2.75) is 56.4 Å². The molecule has 1 aliphatic rings. The van der Waals surface area contributed by atoms with Crippen LogP contribution in [0.15, 0.2) is 65.7 Å². The lowest BCUT2D eigenvalue weighted by Crippen LogP contribution is -2.38. The molecule has 1 aliphatic carbocycles. The summed E-state index contributed by atoms with van der Waals surface area (Å²) in [7, 11) is 0. The molecule has 1 aromatic heterocycles. The summed E-state index contributed by atoms with van der Waals surface area (Å²) >= 11 is 7.10. The molecule has 0 aliphatic heterocycles. The molecule has 5 nitrogen and oxygen atoms in total. The fourth-order valence-electron chi connectivity index (χ4n) is 4.59. The van der Waals surface area contributed by atoms with E-state index in [9.17, 15) is 14.4 Å². The van der Waals surface area contributed by atoms with Gasteiger partial charge in [0, 0.05) is 23.3 Å². The summed E-state index contributed by atoms with van der Waals surface area (Å²) in [6.45, 7) is 2.92. The Balaban J connectivity index is 1.49. The molecular weight excluding hydrogens is 507 g/mol. The number of halogens is 2. The van der Waals surface area contributed by atoms with E-state index in [1.165, 1.54) is 61.7 Å². The second kappa shape index (κ2) is 13.0. The Morgan fingerprint density at radius 2 is 1.92 bits per heavy atom. The van der Waals surface area contributed by atoms with Crippen molar-refractivity contribution in [3.8, 4) is 6.07 Å². The van der Waals surface area contributed by atoms with Gasteiger partial charge in [0.05, 0.1) is 29.4 Å². The van der Waals surface area contributed by atoms with Crippen molar-refractivity contribution in [1.29, 1.82) is 5.26 Å². The van der Waals surface area contributed by atoms with Crippen LogP contribution >= 0.6 is 23.5 Å². The zero-order valence-corrected chi connectivity index (χ0v) is 22.4. The van der Waals surface area contributed by atoms with E-state index in [0.717, 1.165) is 11.4 Å². The number of para-hydroxylation sites is 1. The highest BCUT2D eigenvalue weighted by Gasteiger charge is 2.22. The fraction of sp³-hybridized carbons (Fsp3) is 0.345. The van der Waals surface area contributed by atoms with Gasteiger partial charge >= 0.3 is 0 Å². The zero-order chi connectivity index (χ0) is 26.2. The molecule has 0 unspecified atom stereocenters. The molecule has 0 spiro atoms. The molecule has 37 heavy (non-hydrogen) atoms. The third-order valence-electron chi connectivity index (χ3n) is 6.63. The summed E-state index contributed by atoms with van der Waals surface area (Å²) in [6.07, 6.45) is 8.26. The first-order valence-electron chi connectivity index (χ1n) is 12.6. The quantitative estimate of drug-likeness (QED) is 0.267. The highest BCUT2D eigenvalue weighted by Crippen LogP contribution is 2.33. The summed E-state index contributed by atoms with van der Waals surface area (Å²) in [4.78, 5) is 20.5. The second-order valence-corrected chi connectivity index (χ2v) is 10.7. The molecule has 0 saturated heterocycles. The lowest BCUT2D eigenvalue weighted by molar-refractivity contribution is -0.118. The smallest absolute Gasteiger partial charge is 0.242 e. The molecule has 192 valence electrons. The number of pyridine rings is 1. The average Bonchev–Trinajstić information content (AvgIpc) is 2.94. The summed E-state index contributed by atoms with van der Waals surface area (Å²) in [5.41, 5.74) is 2.96. The van der Waals surface area contributed by atoms with Crippen molar-refractivity contribution < 1.29 is 9.18 Å². The van der Waals surface area contributed by atoms with Gasteiger partial charge in [0.1, 0.15) is 11.9 Å². The van der Waals surface area contributed by atoms with E-state index in [2.05, 4.69) is 6.07 Å². The Kier molecular flexibility index (Phi) is 9.56. The van der Waals surface area contributed by atoms with Crippen LogP contribution in [-0.4, -0.2) is 28.3 Å². The highest BCUT2D eigenvalue weighted by atomic mass is 35.5. The van der Waals surface area contributed by atoms with Gasteiger partial charge in [-0.25, -0.2) is 8.70 Å². The fourth-order valence-corrected chi connectivity index (χ4v) is 5.67. The molecule has 1 fully saturated rings. The topological polar surface area (TPSA) is 60.2 Å². The Morgan fingerprint density at radius 3 is 2.57 bits per heavy atom.